The lowest BCUT2D eigenvalue weighted by atomic mass is 10.1. The standard InChI is InChI=1S/C20H25FN4O.HI/c1-14-9-15(2)11-16(10-14)7-8-23-20(22-3)24-13-19(26)25-18-6-4-5-17(21)12-18;/h4-6,9-12H,7-8,13H2,1-3H3,(H,25,26)(H2,22,23,24);1H. The number of guanidine groups is 1. The fraction of sp³-hybridized carbons (Fsp3) is 0.300. The molecule has 5 nitrogen and oxygen atoms in total. The monoisotopic (exact) mass is 484 g/mol. The van der Waals surface area contributed by atoms with Gasteiger partial charge >= 0.3 is 0 Å². The van der Waals surface area contributed by atoms with Crippen molar-refractivity contribution in [2.75, 3.05) is 25.5 Å². The number of amides is 1. The van der Waals surface area contributed by atoms with Gasteiger partial charge in [0.05, 0.1) is 6.54 Å². The van der Waals surface area contributed by atoms with Crippen molar-refractivity contribution in [1.82, 2.24) is 10.6 Å². The number of nitrogens with one attached hydrogen (secondary N) is 3. The molecule has 0 radical (unpaired) electrons. The zero-order valence-electron chi connectivity index (χ0n) is 15.8. The topological polar surface area (TPSA) is 65.5 Å². The molecule has 2 aromatic rings. The van der Waals surface area contributed by atoms with E-state index in [-0.39, 0.29) is 42.2 Å². The van der Waals surface area contributed by atoms with Gasteiger partial charge in [-0.3, -0.25) is 9.79 Å². The van der Waals surface area contributed by atoms with Gasteiger partial charge in [0.1, 0.15) is 5.82 Å². The summed E-state index contributed by atoms with van der Waals surface area (Å²) in [5.41, 5.74) is 4.18. The maximum Gasteiger partial charge on any atom is 0.243 e. The summed E-state index contributed by atoms with van der Waals surface area (Å²) >= 11 is 0. The highest BCUT2D eigenvalue weighted by atomic mass is 127. The van der Waals surface area contributed by atoms with Gasteiger partial charge in [-0.2, -0.15) is 0 Å². The molecule has 27 heavy (non-hydrogen) atoms. The Morgan fingerprint density at radius 2 is 1.78 bits per heavy atom. The van der Waals surface area contributed by atoms with Crippen LogP contribution >= 0.6 is 24.0 Å². The molecule has 0 aromatic heterocycles. The molecule has 0 saturated carbocycles. The van der Waals surface area contributed by atoms with Crippen molar-refractivity contribution in [3.8, 4) is 0 Å². The first-order valence-corrected chi connectivity index (χ1v) is 8.53. The van der Waals surface area contributed by atoms with Gasteiger partial charge in [-0.25, -0.2) is 4.39 Å². The molecule has 7 heteroatoms. The molecule has 2 rings (SSSR count). The number of halogens is 2. The quantitative estimate of drug-likeness (QED) is 0.335. The molecule has 0 saturated heterocycles. The van der Waals surface area contributed by atoms with E-state index in [9.17, 15) is 9.18 Å². The molecule has 0 aliphatic rings. The van der Waals surface area contributed by atoms with Crippen molar-refractivity contribution in [1.29, 1.82) is 0 Å². The highest BCUT2D eigenvalue weighted by Crippen LogP contribution is 2.09. The Labute approximate surface area is 176 Å². The summed E-state index contributed by atoms with van der Waals surface area (Å²) in [5.74, 6) is -0.115. The van der Waals surface area contributed by atoms with E-state index in [1.165, 1.54) is 28.8 Å². The predicted molar refractivity (Wildman–Crippen MR) is 119 cm³/mol. The zero-order valence-corrected chi connectivity index (χ0v) is 18.1. The van der Waals surface area contributed by atoms with Gasteiger partial charge in [0.2, 0.25) is 5.91 Å². The van der Waals surface area contributed by atoms with E-state index in [0.29, 0.717) is 18.2 Å². The van der Waals surface area contributed by atoms with Crippen LogP contribution in [-0.2, 0) is 11.2 Å². The van der Waals surface area contributed by atoms with E-state index in [1.54, 1.807) is 19.2 Å². The van der Waals surface area contributed by atoms with Crippen molar-refractivity contribution in [2.24, 2.45) is 4.99 Å². The second-order valence-electron chi connectivity index (χ2n) is 6.16. The van der Waals surface area contributed by atoms with Crippen LogP contribution in [0.4, 0.5) is 10.1 Å². The molecule has 0 heterocycles. The van der Waals surface area contributed by atoms with Crippen LogP contribution in [0, 0.1) is 19.7 Å². The SMILES string of the molecule is CN=C(NCCc1cc(C)cc(C)c1)NCC(=O)Nc1cccc(F)c1.I. The van der Waals surface area contributed by atoms with Crippen LogP contribution in [-0.4, -0.2) is 32.0 Å². The van der Waals surface area contributed by atoms with Crippen LogP contribution in [0.1, 0.15) is 16.7 Å². The van der Waals surface area contributed by atoms with Crippen molar-refractivity contribution in [2.45, 2.75) is 20.3 Å². The summed E-state index contributed by atoms with van der Waals surface area (Å²) in [4.78, 5) is 16.0. The molecule has 0 bridgehead atoms. The second-order valence-corrected chi connectivity index (χ2v) is 6.16. The summed E-state index contributed by atoms with van der Waals surface area (Å²) in [6.07, 6.45) is 0.860. The molecule has 0 spiro atoms. The molecular formula is C20H26FIN4O. The fourth-order valence-electron chi connectivity index (χ4n) is 2.69. The maximum absolute atomic E-state index is 13.1. The molecule has 0 aliphatic heterocycles. The van der Waals surface area contributed by atoms with E-state index in [2.05, 4.69) is 53.0 Å². The van der Waals surface area contributed by atoms with Crippen LogP contribution in [0.15, 0.2) is 47.5 Å². The Morgan fingerprint density at radius 3 is 2.41 bits per heavy atom. The van der Waals surface area contributed by atoms with Gasteiger partial charge in [0.25, 0.3) is 0 Å². The molecule has 146 valence electrons. The lowest BCUT2D eigenvalue weighted by Crippen LogP contribution is -2.42. The fourth-order valence-corrected chi connectivity index (χ4v) is 2.69. The second kappa shape index (κ2) is 11.5. The predicted octanol–water partition coefficient (Wildman–Crippen LogP) is 3.41. The van der Waals surface area contributed by atoms with Crippen molar-refractivity contribution in [3.05, 3.63) is 65.0 Å². The van der Waals surface area contributed by atoms with Gasteiger partial charge in [-0.15, -0.1) is 24.0 Å². The minimum atomic E-state index is -0.389. The summed E-state index contributed by atoms with van der Waals surface area (Å²) < 4.78 is 13.1. The van der Waals surface area contributed by atoms with Crippen LogP contribution in [0.5, 0.6) is 0 Å². The van der Waals surface area contributed by atoms with E-state index in [0.717, 1.165) is 6.42 Å². The Morgan fingerprint density at radius 1 is 1.07 bits per heavy atom. The van der Waals surface area contributed by atoms with Crippen molar-refractivity contribution < 1.29 is 9.18 Å². The average Bonchev–Trinajstić information content (AvgIpc) is 2.57. The molecule has 3 N–H and O–H groups in total. The van der Waals surface area contributed by atoms with Crippen LogP contribution in [0.25, 0.3) is 0 Å². The number of anilines is 1. The van der Waals surface area contributed by atoms with Crippen LogP contribution in [0.2, 0.25) is 0 Å². The Kier molecular flexibility index (Phi) is 9.77. The number of nitrogens with zero attached hydrogens (tertiary/aromatic N) is 1. The number of carbonyl (C=O) groups is 1. The average molecular weight is 484 g/mol. The summed E-state index contributed by atoms with van der Waals surface area (Å²) in [5, 5.41) is 8.76. The first kappa shape index (κ1) is 22.9. The molecule has 0 unspecified atom stereocenters. The third-order valence-electron chi connectivity index (χ3n) is 3.74. The zero-order chi connectivity index (χ0) is 18.9. The van der Waals surface area contributed by atoms with E-state index in [4.69, 9.17) is 0 Å². The van der Waals surface area contributed by atoms with Crippen LogP contribution < -0.4 is 16.0 Å². The molecule has 2 aromatic carbocycles. The first-order valence-electron chi connectivity index (χ1n) is 8.53. The smallest absolute Gasteiger partial charge is 0.243 e. The minimum Gasteiger partial charge on any atom is -0.356 e. The Hall–Kier alpha value is -2.16. The highest BCUT2D eigenvalue weighted by molar-refractivity contribution is 14.0. The molecule has 1 amide bonds. The lowest BCUT2D eigenvalue weighted by molar-refractivity contribution is -0.115. The van der Waals surface area contributed by atoms with Gasteiger partial charge < -0.3 is 16.0 Å². The number of carbonyl (C=O) groups excluding carboxylic acids is 1. The summed E-state index contributed by atoms with van der Waals surface area (Å²) in [6.45, 7) is 4.91. The van der Waals surface area contributed by atoms with Gasteiger partial charge in [-0.05, 0) is 44.0 Å². The Balaban J connectivity index is 0.00000364. The summed E-state index contributed by atoms with van der Waals surface area (Å²) in [6, 6.07) is 12.3. The first-order chi connectivity index (χ1) is 12.5. The lowest BCUT2D eigenvalue weighted by Gasteiger charge is -2.12. The maximum atomic E-state index is 13.1. The van der Waals surface area contributed by atoms with E-state index < -0.39 is 0 Å². The molecule has 0 fully saturated rings. The molecule has 0 aliphatic carbocycles. The number of hydrogen-bond acceptors (Lipinski definition) is 2. The van der Waals surface area contributed by atoms with Crippen molar-refractivity contribution in [3.63, 3.8) is 0 Å². The highest BCUT2D eigenvalue weighted by Gasteiger charge is 2.05. The van der Waals surface area contributed by atoms with Crippen LogP contribution in [0.3, 0.4) is 0 Å². The van der Waals surface area contributed by atoms with E-state index >= 15 is 0 Å². The Bertz CT molecular complexity index is 775. The third-order valence-corrected chi connectivity index (χ3v) is 3.74. The number of aliphatic imine (C=N–C) groups is 1. The molecular weight excluding hydrogens is 458 g/mol. The number of hydrogen-bond donors (Lipinski definition) is 3. The minimum absolute atomic E-state index is 0. The van der Waals surface area contributed by atoms with Crippen molar-refractivity contribution >= 4 is 41.5 Å². The molecule has 0 atom stereocenters. The van der Waals surface area contributed by atoms with Gasteiger partial charge in [0, 0.05) is 19.3 Å². The third kappa shape index (κ3) is 8.38. The largest absolute Gasteiger partial charge is 0.356 e. The number of rotatable bonds is 6. The van der Waals surface area contributed by atoms with E-state index in [1.807, 2.05) is 0 Å². The van der Waals surface area contributed by atoms with Gasteiger partial charge in [0.15, 0.2) is 5.96 Å². The number of benzene rings is 2. The normalized spacial score (nSPS) is 10.7. The summed E-state index contributed by atoms with van der Waals surface area (Å²) in [7, 11) is 1.65. The van der Waals surface area contributed by atoms with Gasteiger partial charge in [-0.1, -0.05) is 35.4 Å². The number of aryl methyl sites for hydroxylation is 2.